The van der Waals surface area contributed by atoms with Crippen molar-refractivity contribution in [3.05, 3.63) is 49.8 Å². The van der Waals surface area contributed by atoms with E-state index in [-0.39, 0.29) is 44.7 Å². The van der Waals surface area contributed by atoms with Crippen molar-refractivity contribution in [3.8, 4) is 23.7 Å². The Morgan fingerprint density at radius 2 is 1.29 bits per heavy atom. The topological polar surface area (TPSA) is 122 Å². The zero-order valence-electron chi connectivity index (χ0n) is 11.7. The molecule has 0 saturated carbocycles. The van der Waals surface area contributed by atoms with Gasteiger partial charge in [-0.25, -0.2) is 20.2 Å². The van der Waals surface area contributed by atoms with Crippen LogP contribution >= 0.6 is 0 Å². The Morgan fingerprint density at radius 3 is 1.71 bits per heavy atom. The average molecular weight is 501 g/mol. The maximum absolute atomic E-state index is 5.60. The van der Waals surface area contributed by atoms with E-state index in [1.165, 1.54) is 34.4 Å². The van der Waals surface area contributed by atoms with Gasteiger partial charge in [-0.3, -0.25) is 9.97 Å². The van der Waals surface area contributed by atoms with Crippen LogP contribution in [0.2, 0.25) is 0 Å². The molecule has 0 atom stereocenters. The van der Waals surface area contributed by atoms with E-state index in [0.29, 0.717) is 0 Å². The fourth-order valence-electron chi connectivity index (χ4n) is 1.65. The van der Waals surface area contributed by atoms with E-state index in [2.05, 4.69) is 52.8 Å². The molecule has 0 aliphatic rings. The molecular formula is C12H6N10OPt. The number of aromatic nitrogens is 10. The molecular weight excluding hydrogens is 495 g/mol. The normalized spacial score (nSPS) is 10.2. The van der Waals surface area contributed by atoms with Crippen LogP contribution in [0, 0.1) is 12.7 Å². The van der Waals surface area contributed by atoms with Crippen LogP contribution in [-0.2, 0) is 21.1 Å². The summed E-state index contributed by atoms with van der Waals surface area (Å²) in [6, 6.07) is 3.17. The summed E-state index contributed by atoms with van der Waals surface area (Å²) in [4.78, 5) is 23.9. The van der Waals surface area contributed by atoms with Crippen molar-refractivity contribution in [1.82, 2.24) is 49.5 Å². The van der Waals surface area contributed by atoms with E-state index in [4.69, 9.17) is 4.74 Å². The first-order valence-electron chi connectivity index (χ1n) is 6.28. The van der Waals surface area contributed by atoms with Crippen molar-refractivity contribution in [2.75, 3.05) is 0 Å². The van der Waals surface area contributed by atoms with E-state index >= 15 is 0 Å². The summed E-state index contributed by atoms with van der Waals surface area (Å²) in [5.41, 5.74) is 0. The summed E-state index contributed by atoms with van der Waals surface area (Å²) in [5.74, 6) is 1.12. The minimum Gasteiger partial charge on any atom is -0.423 e. The molecule has 4 rings (SSSR count). The van der Waals surface area contributed by atoms with Gasteiger partial charge in [-0.2, -0.15) is 0 Å². The van der Waals surface area contributed by atoms with Crippen LogP contribution < -0.4 is 4.74 Å². The maximum Gasteiger partial charge on any atom is 2.00 e. The number of nitrogens with zero attached hydrogens (tertiary/aromatic N) is 10. The summed E-state index contributed by atoms with van der Waals surface area (Å²) < 4.78 is 8.19. The first-order chi connectivity index (χ1) is 11.4. The number of ether oxygens (including phenoxy) is 1. The van der Waals surface area contributed by atoms with Crippen LogP contribution in [0.1, 0.15) is 0 Å². The molecule has 0 fully saturated rings. The van der Waals surface area contributed by atoms with Gasteiger partial charge in [-0.15, -0.1) is 0 Å². The van der Waals surface area contributed by atoms with Crippen molar-refractivity contribution in [2.45, 2.75) is 0 Å². The van der Waals surface area contributed by atoms with Crippen LogP contribution in [0.25, 0.3) is 11.9 Å². The summed E-state index contributed by atoms with van der Waals surface area (Å²) in [6.07, 6.45) is 10.9. The Hall–Kier alpha value is -3.07. The molecule has 0 bridgehead atoms. The third kappa shape index (κ3) is 3.30. The van der Waals surface area contributed by atoms with Gasteiger partial charge in [-0.1, -0.05) is 0 Å². The Kier molecular flexibility index (Phi) is 4.61. The Bertz CT molecular complexity index is 836. The van der Waals surface area contributed by atoms with Crippen LogP contribution in [0.4, 0.5) is 0 Å². The molecule has 0 amide bonds. The molecule has 0 unspecified atom stereocenters. The van der Waals surface area contributed by atoms with Gasteiger partial charge in [0.1, 0.15) is 0 Å². The molecule has 4 heterocycles. The van der Waals surface area contributed by atoms with Crippen LogP contribution in [0.15, 0.2) is 37.2 Å². The first-order valence-corrected chi connectivity index (χ1v) is 6.28. The second-order valence-electron chi connectivity index (χ2n) is 4.04. The van der Waals surface area contributed by atoms with Crippen molar-refractivity contribution in [1.29, 1.82) is 0 Å². The zero-order valence-corrected chi connectivity index (χ0v) is 13.9. The Morgan fingerprint density at radius 1 is 0.792 bits per heavy atom. The molecule has 0 radical (unpaired) electrons. The summed E-state index contributed by atoms with van der Waals surface area (Å²) in [5, 5.41) is 7.81. The van der Waals surface area contributed by atoms with Gasteiger partial charge in [0, 0.05) is 49.8 Å². The van der Waals surface area contributed by atoms with Gasteiger partial charge in [0.2, 0.25) is 11.8 Å². The van der Waals surface area contributed by atoms with Crippen molar-refractivity contribution < 1.29 is 25.8 Å². The van der Waals surface area contributed by atoms with Gasteiger partial charge in [-0.05, 0) is 0 Å². The summed E-state index contributed by atoms with van der Waals surface area (Å²) >= 11 is 0. The molecule has 0 saturated heterocycles. The van der Waals surface area contributed by atoms with E-state index < -0.39 is 0 Å². The number of hydrogen-bond donors (Lipinski definition) is 0. The van der Waals surface area contributed by atoms with Gasteiger partial charge in [0.25, 0.3) is 0 Å². The molecule has 120 valence electrons. The van der Waals surface area contributed by atoms with Gasteiger partial charge < -0.3 is 24.1 Å². The molecule has 11 nitrogen and oxygen atoms in total. The number of hydrogen-bond acceptors (Lipinski definition) is 9. The van der Waals surface area contributed by atoms with E-state index in [1.807, 2.05) is 0 Å². The average Bonchev–Trinajstić information content (AvgIpc) is 3.29. The predicted molar refractivity (Wildman–Crippen MR) is 71.6 cm³/mol. The van der Waals surface area contributed by atoms with Gasteiger partial charge >= 0.3 is 21.1 Å². The van der Waals surface area contributed by atoms with Gasteiger partial charge in [0.05, 0.1) is 0 Å². The fourth-order valence-corrected chi connectivity index (χ4v) is 1.65. The molecule has 12 heteroatoms. The molecule has 0 aliphatic heterocycles. The maximum atomic E-state index is 5.60. The third-order valence-electron chi connectivity index (χ3n) is 2.58. The summed E-state index contributed by atoms with van der Waals surface area (Å²) in [7, 11) is 0. The van der Waals surface area contributed by atoms with Crippen molar-refractivity contribution >= 4 is 0 Å². The standard InChI is InChI=1S/C12H6N10O.Pt/c1-3-15-11(21-7-13-5-17-21)19-9(1)23-10-2-4-16-12(20-10)22-8-14-6-18-22;/h1-6H;/q-2;+2. The van der Waals surface area contributed by atoms with E-state index in [1.54, 1.807) is 12.1 Å². The Balaban J connectivity index is 0.00000169. The predicted octanol–water partition coefficient (Wildman–Crippen LogP) is -0.182. The Labute approximate surface area is 149 Å². The SMILES string of the molecule is [Pt+2].[c-]1ncnn1-c1nccc(Oc2ccnc(-n3[c-]ncn3)n2)n1. The second kappa shape index (κ2) is 7.00. The molecule has 0 aliphatic carbocycles. The van der Waals surface area contributed by atoms with Crippen molar-refractivity contribution in [3.63, 3.8) is 0 Å². The zero-order chi connectivity index (χ0) is 15.5. The van der Waals surface area contributed by atoms with Crippen molar-refractivity contribution in [2.24, 2.45) is 0 Å². The smallest absolute Gasteiger partial charge is 0.423 e. The van der Waals surface area contributed by atoms with Crippen LogP contribution in [-0.4, -0.2) is 49.5 Å². The largest absolute Gasteiger partial charge is 2.00 e. The molecule has 4 aromatic heterocycles. The fraction of sp³-hybridized carbons (Fsp3) is 0. The van der Waals surface area contributed by atoms with Gasteiger partial charge in [0.15, 0.2) is 11.9 Å². The molecule has 0 N–H and O–H groups in total. The minimum atomic E-state index is 0. The number of rotatable bonds is 4. The van der Waals surface area contributed by atoms with Crippen LogP contribution in [0.3, 0.4) is 0 Å². The molecule has 4 aromatic rings. The minimum absolute atomic E-state index is 0. The monoisotopic (exact) mass is 501 g/mol. The van der Waals surface area contributed by atoms with E-state index in [0.717, 1.165) is 0 Å². The van der Waals surface area contributed by atoms with E-state index in [9.17, 15) is 0 Å². The van der Waals surface area contributed by atoms with Crippen LogP contribution in [0.5, 0.6) is 11.8 Å². The third-order valence-corrected chi connectivity index (χ3v) is 2.58. The quantitative estimate of drug-likeness (QED) is 0.351. The summed E-state index contributed by atoms with van der Waals surface area (Å²) in [6.45, 7) is 0. The first kappa shape index (κ1) is 15.8. The molecule has 0 aromatic carbocycles. The molecule has 24 heavy (non-hydrogen) atoms. The second-order valence-corrected chi connectivity index (χ2v) is 4.04. The molecule has 0 spiro atoms.